The Labute approximate surface area is 111 Å². The fraction of sp³-hybridized carbons (Fsp3) is 0.462. The smallest absolute Gasteiger partial charge is 0.316 e. The van der Waals surface area contributed by atoms with Gasteiger partial charge in [-0.15, -0.1) is 0 Å². The number of ether oxygens (including phenoxy) is 1. The molecule has 0 saturated heterocycles. The molecule has 0 aliphatic carbocycles. The minimum Gasteiger partial charge on any atom is -0.481 e. The summed E-state index contributed by atoms with van der Waals surface area (Å²) in [4.78, 5) is 19.8. The van der Waals surface area contributed by atoms with Crippen LogP contribution in [0, 0.1) is 5.92 Å². The van der Waals surface area contributed by atoms with Crippen molar-refractivity contribution in [2.75, 3.05) is 7.11 Å². The van der Waals surface area contributed by atoms with Gasteiger partial charge in [0.2, 0.25) is 0 Å². The van der Waals surface area contributed by atoms with Gasteiger partial charge in [0.25, 0.3) is 0 Å². The first-order valence-electron chi connectivity index (χ1n) is 6.04. The minimum absolute atomic E-state index is 0.0240. The van der Waals surface area contributed by atoms with E-state index in [1.165, 1.54) is 7.11 Å². The summed E-state index contributed by atoms with van der Waals surface area (Å²) in [6.07, 6.45) is 3.45. The normalized spacial score (nSPS) is 12.9. The third kappa shape index (κ3) is 2.25. The maximum absolute atomic E-state index is 11.5. The Bertz CT molecular complexity index is 619. The summed E-state index contributed by atoms with van der Waals surface area (Å²) in [6, 6.07) is 0.243. The monoisotopic (exact) mass is 263 g/mol. The van der Waals surface area contributed by atoms with Crippen LogP contribution in [0.3, 0.4) is 0 Å². The number of aromatic nitrogens is 3. The van der Waals surface area contributed by atoms with E-state index in [0.717, 1.165) is 5.52 Å². The van der Waals surface area contributed by atoms with Gasteiger partial charge in [0.1, 0.15) is 0 Å². The molecule has 0 aliphatic rings. The Balaban J connectivity index is 2.68. The van der Waals surface area contributed by atoms with Crippen LogP contribution in [0.1, 0.15) is 25.3 Å². The van der Waals surface area contributed by atoms with Gasteiger partial charge in [-0.1, -0.05) is 13.8 Å². The van der Waals surface area contributed by atoms with Crippen LogP contribution in [-0.4, -0.2) is 32.7 Å². The first kappa shape index (κ1) is 13.3. The number of methoxy groups -OCH3 is 1. The van der Waals surface area contributed by atoms with Crippen LogP contribution < -0.4 is 4.74 Å². The van der Waals surface area contributed by atoms with E-state index in [2.05, 4.69) is 9.97 Å². The van der Waals surface area contributed by atoms with E-state index in [1.54, 1.807) is 12.4 Å². The van der Waals surface area contributed by atoms with Crippen LogP contribution in [0.4, 0.5) is 0 Å². The first-order chi connectivity index (χ1) is 8.95. The van der Waals surface area contributed by atoms with Crippen LogP contribution >= 0.6 is 0 Å². The number of carboxylic acids is 1. The van der Waals surface area contributed by atoms with Crippen molar-refractivity contribution in [1.82, 2.24) is 14.5 Å². The van der Waals surface area contributed by atoms with Gasteiger partial charge < -0.3 is 14.4 Å². The summed E-state index contributed by atoms with van der Waals surface area (Å²) in [7, 11) is 3.34. The highest BCUT2D eigenvalue weighted by atomic mass is 16.5. The molecule has 2 rings (SSSR count). The van der Waals surface area contributed by atoms with Gasteiger partial charge in [0.05, 0.1) is 30.3 Å². The lowest BCUT2D eigenvalue weighted by Crippen LogP contribution is -2.17. The lowest BCUT2D eigenvalue weighted by molar-refractivity contribution is -0.139. The highest BCUT2D eigenvalue weighted by molar-refractivity contribution is 5.87. The third-order valence-electron chi connectivity index (χ3n) is 3.18. The average Bonchev–Trinajstić information content (AvgIpc) is 2.65. The summed E-state index contributed by atoms with van der Waals surface area (Å²) in [5.74, 6) is -1.47. The fourth-order valence-corrected chi connectivity index (χ4v) is 2.27. The highest BCUT2D eigenvalue weighted by Crippen LogP contribution is 2.31. The van der Waals surface area contributed by atoms with Crippen molar-refractivity contribution in [3.05, 3.63) is 18.0 Å². The van der Waals surface area contributed by atoms with E-state index in [0.29, 0.717) is 11.1 Å². The number of aryl methyl sites for hydroxylation is 1. The Morgan fingerprint density at radius 1 is 1.47 bits per heavy atom. The Hall–Kier alpha value is -2.11. The van der Waals surface area contributed by atoms with Crippen molar-refractivity contribution in [3.63, 3.8) is 0 Å². The predicted octanol–water partition coefficient (Wildman–Crippen LogP) is 1.80. The van der Waals surface area contributed by atoms with Gasteiger partial charge in [-0.3, -0.25) is 4.79 Å². The number of hydrogen-bond acceptors (Lipinski definition) is 4. The van der Waals surface area contributed by atoms with E-state index in [9.17, 15) is 9.90 Å². The molecule has 0 fully saturated rings. The molecular formula is C13H17N3O3. The number of carbonyl (C=O) groups is 1. The van der Waals surface area contributed by atoms with Crippen LogP contribution in [0.25, 0.3) is 11.0 Å². The molecule has 19 heavy (non-hydrogen) atoms. The molecule has 0 amide bonds. The van der Waals surface area contributed by atoms with E-state index in [4.69, 9.17) is 4.74 Å². The number of fused-ring (bicyclic) bond motifs is 1. The number of hydrogen-bond donors (Lipinski definition) is 1. The summed E-state index contributed by atoms with van der Waals surface area (Å²) >= 11 is 0. The van der Waals surface area contributed by atoms with Crippen molar-refractivity contribution in [2.45, 2.75) is 19.8 Å². The van der Waals surface area contributed by atoms with E-state index in [1.807, 2.05) is 25.5 Å². The van der Waals surface area contributed by atoms with Gasteiger partial charge in [-0.25, -0.2) is 4.98 Å². The zero-order valence-corrected chi connectivity index (χ0v) is 11.4. The second-order valence-electron chi connectivity index (χ2n) is 4.85. The second kappa shape index (κ2) is 4.87. The van der Waals surface area contributed by atoms with Gasteiger partial charge in [0, 0.05) is 18.8 Å². The lowest BCUT2D eigenvalue weighted by Gasteiger charge is -2.14. The van der Waals surface area contributed by atoms with Crippen molar-refractivity contribution >= 4 is 17.0 Å². The van der Waals surface area contributed by atoms with Crippen molar-refractivity contribution in [3.8, 4) is 6.01 Å². The second-order valence-corrected chi connectivity index (χ2v) is 4.85. The zero-order valence-electron chi connectivity index (χ0n) is 11.4. The molecule has 0 spiro atoms. The Morgan fingerprint density at radius 3 is 2.68 bits per heavy atom. The minimum atomic E-state index is -0.847. The summed E-state index contributed by atoms with van der Waals surface area (Å²) in [5.41, 5.74) is 2.12. The molecule has 1 atom stereocenters. The Morgan fingerprint density at radius 2 is 2.16 bits per heavy atom. The van der Waals surface area contributed by atoms with Crippen LogP contribution in [-0.2, 0) is 11.8 Å². The van der Waals surface area contributed by atoms with E-state index < -0.39 is 11.9 Å². The molecule has 1 unspecified atom stereocenters. The largest absolute Gasteiger partial charge is 0.481 e. The molecule has 0 saturated carbocycles. The SMILES string of the molecule is COc1ncc2c(n1)c(C(C(=O)O)C(C)C)cn2C. The Kier molecular flexibility index (Phi) is 3.42. The lowest BCUT2D eigenvalue weighted by atomic mass is 9.89. The molecule has 0 aromatic carbocycles. The van der Waals surface area contributed by atoms with Crippen LogP contribution in [0.5, 0.6) is 6.01 Å². The average molecular weight is 263 g/mol. The van der Waals surface area contributed by atoms with Gasteiger partial charge in [-0.2, -0.15) is 4.98 Å². The highest BCUT2D eigenvalue weighted by Gasteiger charge is 2.28. The third-order valence-corrected chi connectivity index (χ3v) is 3.18. The number of carboxylic acid groups (broad SMARTS) is 1. The molecule has 1 N–H and O–H groups in total. The number of aliphatic carboxylic acids is 1. The molecule has 0 aliphatic heterocycles. The predicted molar refractivity (Wildman–Crippen MR) is 70.3 cm³/mol. The topological polar surface area (TPSA) is 77.2 Å². The summed E-state index contributed by atoms with van der Waals surface area (Å²) in [5, 5.41) is 9.41. The zero-order chi connectivity index (χ0) is 14.2. The first-order valence-corrected chi connectivity index (χ1v) is 6.04. The number of rotatable bonds is 4. The van der Waals surface area contributed by atoms with Crippen molar-refractivity contribution in [1.29, 1.82) is 0 Å². The van der Waals surface area contributed by atoms with Crippen LogP contribution in [0.2, 0.25) is 0 Å². The molecule has 6 nitrogen and oxygen atoms in total. The van der Waals surface area contributed by atoms with E-state index in [-0.39, 0.29) is 11.9 Å². The quantitative estimate of drug-likeness (QED) is 0.910. The van der Waals surface area contributed by atoms with Gasteiger partial charge in [-0.05, 0) is 5.92 Å². The van der Waals surface area contributed by atoms with Crippen LogP contribution in [0.15, 0.2) is 12.4 Å². The van der Waals surface area contributed by atoms with Crippen molar-refractivity contribution in [2.24, 2.45) is 13.0 Å². The summed E-state index contributed by atoms with van der Waals surface area (Å²) < 4.78 is 6.84. The molecule has 2 aromatic rings. The van der Waals surface area contributed by atoms with Gasteiger partial charge in [0.15, 0.2) is 0 Å². The summed E-state index contributed by atoms with van der Waals surface area (Å²) in [6.45, 7) is 3.77. The molecule has 0 bridgehead atoms. The maximum atomic E-state index is 11.5. The maximum Gasteiger partial charge on any atom is 0.316 e. The molecule has 0 radical (unpaired) electrons. The standard InChI is InChI=1S/C13H17N3O3/c1-7(2)10(12(17)18)8-6-16(3)9-5-14-13(19-4)15-11(8)9/h5-7,10H,1-4H3,(H,17,18). The molecule has 2 aromatic heterocycles. The molecular weight excluding hydrogens is 246 g/mol. The molecule has 6 heteroatoms. The van der Waals surface area contributed by atoms with E-state index >= 15 is 0 Å². The number of nitrogens with zero attached hydrogens (tertiary/aromatic N) is 3. The molecule has 2 heterocycles. The fourth-order valence-electron chi connectivity index (χ4n) is 2.27. The van der Waals surface area contributed by atoms with Gasteiger partial charge >= 0.3 is 12.0 Å². The molecule has 102 valence electrons. The van der Waals surface area contributed by atoms with Crippen molar-refractivity contribution < 1.29 is 14.6 Å².